The van der Waals surface area contributed by atoms with Gasteiger partial charge in [-0.2, -0.15) is 0 Å². The molecule has 2 fully saturated rings. The number of rotatable bonds is 3. The van der Waals surface area contributed by atoms with Crippen LogP contribution >= 0.6 is 11.8 Å². The van der Waals surface area contributed by atoms with Gasteiger partial charge in [0.15, 0.2) is 5.16 Å². The maximum absolute atomic E-state index is 13.0. The Hall–Kier alpha value is -1.82. The zero-order valence-electron chi connectivity index (χ0n) is 13.6. The van der Waals surface area contributed by atoms with Crippen LogP contribution in [-0.4, -0.2) is 26.9 Å². The molecule has 4 rings (SSSR count). The van der Waals surface area contributed by atoms with Gasteiger partial charge in [-0.1, -0.05) is 36.7 Å². The molecule has 2 heterocycles. The van der Waals surface area contributed by atoms with Crippen molar-refractivity contribution in [3.63, 3.8) is 0 Å². The first-order valence-electron chi connectivity index (χ1n) is 8.52. The van der Waals surface area contributed by atoms with E-state index in [0.29, 0.717) is 22.5 Å². The maximum atomic E-state index is 13.0. The molecular weight excluding hydrogens is 324 g/mol. The predicted octanol–water partition coefficient (Wildman–Crippen LogP) is 3.31. The van der Waals surface area contributed by atoms with E-state index >= 15 is 0 Å². The van der Waals surface area contributed by atoms with Gasteiger partial charge in [-0.25, -0.2) is 4.98 Å². The van der Waals surface area contributed by atoms with Crippen LogP contribution in [0.1, 0.15) is 45.1 Å². The summed E-state index contributed by atoms with van der Waals surface area (Å²) in [5, 5.41) is 1.03. The van der Waals surface area contributed by atoms with Crippen molar-refractivity contribution in [3.8, 4) is 0 Å². The second-order valence-electron chi connectivity index (χ2n) is 6.61. The van der Waals surface area contributed by atoms with E-state index in [-0.39, 0.29) is 28.9 Å². The molecule has 0 radical (unpaired) electrons. The van der Waals surface area contributed by atoms with Crippen molar-refractivity contribution in [2.24, 2.45) is 0 Å². The molecule has 2 aromatic rings. The van der Waals surface area contributed by atoms with E-state index in [1.54, 1.807) is 0 Å². The van der Waals surface area contributed by atoms with Gasteiger partial charge >= 0.3 is 5.97 Å². The van der Waals surface area contributed by atoms with E-state index < -0.39 is 0 Å². The lowest BCUT2D eigenvalue weighted by Crippen LogP contribution is -2.27. The number of fused-ring (bicyclic) bond motifs is 1. The summed E-state index contributed by atoms with van der Waals surface area (Å²) < 4.78 is 7.08. The summed E-state index contributed by atoms with van der Waals surface area (Å²) in [6.07, 6.45) is 4.87. The Morgan fingerprint density at radius 2 is 1.96 bits per heavy atom. The molecule has 0 spiro atoms. The normalized spacial score (nSPS) is 24.6. The summed E-state index contributed by atoms with van der Waals surface area (Å²) in [5.41, 5.74) is 0.702. The number of para-hydroxylation sites is 1. The van der Waals surface area contributed by atoms with E-state index in [0.717, 1.165) is 25.7 Å². The summed E-state index contributed by atoms with van der Waals surface area (Å²) >= 11 is 1.38. The smallest absolute Gasteiger partial charge is 0.319 e. The number of aromatic nitrogens is 2. The van der Waals surface area contributed by atoms with Gasteiger partial charge in [0.25, 0.3) is 5.56 Å². The SMILES string of the molecule is C[C@@H]1C[C@@H](Sc2nc3ccccc3c(=O)n2C2CCCC2)C(=O)O1. The van der Waals surface area contributed by atoms with E-state index in [2.05, 4.69) is 0 Å². The lowest BCUT2D eigenvalue weighted by atomic mass is 10.2. The Kier molecular flexibility index (Phi) is 4.08. The molecule has 24 heavy (non-hydrogen) atoms. The largest absolute Gasteiger partial charge is 0.462 e. The fourth-order valence-corrected chi connectivity index (χ4v) is 4.91. The topological polar surface area (TPSA) is 61.2 Å². The highest BCUT2D eigenvalue weighted by Gasteiger charge is 2.35. The molecule has 1 saturated carbocycles. The van der Waals surface area contributed by atoms with Crippen LogP contribution in [0.2, 0.25) is 0 Å². The Morgan fingerprint density at radius 3 is 2.67 bits per heavy atom. The number of esters is 1. The fourth-order valence-electron chi connectivity index (χ4n) is 3.64. The first kappa shape index (κ1) is 15.7. The molecule has 0 bridgehead atoms. The van der Waals surface area contributed by atoms with Crippen molar-refractivity contribution < 1.29 is 9.53 Å². The molecule has 1 aliphatic heterocycles. The van der Waals surface area contributed by atoms with Gasteiger partial charge in [0.2, 0.25) is 0 Å². The van der Waals surface area contributed by atoms with E-state index in [9.17, 15) is 9.59 Å². The Bertz CT molecular complexity index is 842. The van der Waals surface area contributed by atoms with Crippen molar-refractivity contribution in [1.82, 2.24) is 9.55 Å². The summed E-state index contributed by atoms with van der Waals surface area (Å²) in [4.78, 5) is 29.8. The molecule has 2 atom stereocenters. The Morgan fingerprint density at radius 1 is 1.21 bits per heavy atom. The predicted molar refractivity (Wildman–Crippen MR) is 93.3 cm³/mol. The molecule has 1 aromatic heterocycles. The van der Waals surface area contributed by atoms with Gasteiger partial charge in [-0.15, -0.1) is 0 Å². The maximum Gasteiger partial charge on any atom is 0.319 e. The molecular formula is C18H20N2O3S. The van der Waals surface area contributed by atoms with Gasteiger partial charge in [0.05, 0.1) is 10.9 Å². The molecule has 0 N–H and O–H groups in total. The summed E-state index contributed by atoms with van der Waals surface area (Å²) in [6.45, 7) is 1.90. The number of carbonyl (C=O) groups excluding carboxylic acids is 1. The third-order valence-corrected chi connectivity index (χ3v) is 6.01. The molecule has 1 saturated heterocycles. The van der Waals surface area contributed by atoms with E-state index in [1.807, 2.05) is 35.8 Å². The fraction of sp³-hybridized carbons (Fsp3) is 0.500. The molecule has 1 aliphatic carbocycles. The molecule has 126 valence electrons. The number of hydrogen-bond donors (Lipinski definition) is 0. The molecule has 0 amide bonds. The van der Waals surface area contributed by atoms with Crippen LogP contribution in [0.4, 0.5) is 0 Å². The zero-order valence-corrected chi connectivity index (χ0v) is 14.4. The number of benzene rings is 1. The van der Waals surface area contributed by atoms with Gasteiger partial charge < -0.3 is 4.74 Å². The minimum Gasteiger partial charge on any atom is -0.462 e. The number of nitrogens with zero attached hydrogens (tertiary/aromatic N) is 2. The highest BCUT2D eigenvalue weighted by Crippen LogP contribution is 2.36. The van der Waals surface area contributed by atoms with E-state index in [1.165, 1.54) is 11.8 Å². The monoisotopic (exact) mass is 344 g/mol. The number of thioether (sulfide) groups is 1. The zero-order chi connectivity index (χ0) is 16.7. The number of hydrogen-bond acceptors (Lipinski definition) is 5. The lowest BCUT2D eigenvalue weighted by Gasteiger charge is -2.19. The third kappa shape index (κ3) is 2.73. The lowest BCUT2D eigenvalue weighted by molar-refractivity contribution is -0.140. The van der Waals surface area contributed by atoms with Crippen LogP contribution in [0.25, 0.3) is 10.9 Å². The van der Waals surface area contributed by atoms with Crippen molar-refractivity contribution in [3.05, 3.63) is 34.6 Å². The first-order valence-corrected chi connectivity index (χ1v) is 9.40. The standard InChI is InChI=1S/C18H20N2O3S/c1-11-10-15(17(22)23-11)24-18-19-14-9-5-4-8-13(14)16(21)20(18)12-6-2-3-7-12/h4-5,8-9,11-12,15H,2-3,6-7,10H2,1H3/t11-,15-/m1/s1. The molecule has 1 aromatic carbocycles. The summed E-state index contributed by atoms with van der Waals surface area (Å²) in [6, 6.07) is 7.63. The number of ether oxygens (including phenoxy) is 1. The average Bonchev–Trinajstić information content (AvgIpc) is 3.18. The van der Waals surface area contributed by atoms with Gasteiger partial charge in [-0.05, 0) is 31.9 Å². The van der Waals surface area contributed by atoms with Gasteiger partial charge in [0.1, 0.15) is 11.4 Å². The summed E-state index contributed by atoms with van der Waals surface area (Å²) in [7, 11) is 0. The minimum atomic E-state index is -0.277. The molecule has 0 unspecified atom stereocenters. The second-order valence-corrected chi connectivity index (χ2v) is 7.78. The molecule has 5 nitrogen and oxygen atoms in total. The number of cyclic esters (lactones) is 1. The molecule has 6 heteroatoms. The van der Waals surface area contributed by atoms with Crippen LogP contribution in [0.15, 0.2) is 34.2 Å². The second kappa shape index (κ2) is 6.24. The number of carbonyl (C=O) groups is 1. The Labute approximate surface area is 144 Å². The summed E-state index contributed by atoms with van der Waals surface area (Å²) in [5.74, 6) is -0.201. The van der Waals surface area contributed by atoms with Gasteiger partial charge in [-0.3, -0.25) is 14.2 Å². The van der Waals surface area contributed by atoms with Crippen molar-refractivity contribution in [2.75, 3.05) is 0 Å². The van der Waals surface area contributed by atoms with Crippen molar-refractivity contribution in [1.29, 1.82) is 0 Å². The first-order chi connectivity index (χ1) is 11.6. The molecule has 2 aliphatic rings. The van der Waals surface area contributed by atoms with Gasteiger partial charge in [0, 0.05) is 12.5 Å². The highest BCUT2D eigenvalue weighted by molar-refractivity contribution is 8.00. The quantitative estimate of drug-likeness (QED) is 0.631. The van der Waals surface area contributed by atoms with Crippen LogP contribution in [0, 0.1) is 0 Å². The van der Waals surface area contributed by atoms with Crippen LogP contribution < -0.4 is 5.56 Å². The van der Waals surface area contributed by atoms with Crippen molar-refractivity contribution in [2.45, 2.75) is 61.6 Å². The van der Waals surface area contributed by atoms with Crippen LogP contribution in [-0.2, 0) is 9.53 Å². The Balaban J connectivity index is 1.81. The van der Waals surface area contributed by atoms with Crippen LogP contribution in [0.5, 0.6) is 0 Å². The highest BCUT2D eigenvalue weighted by atomic mass is 32.2. The third-order valence-electron chi connectivity index (χ3n) is 4.84. The van der Waals surface area contributed by atoms with Crippen LogP contribution in [0.3, 0.4) is 0 Å². The van der Waals surface area contributed by atoms with Crippen molar-refractivity contribution >= 4 is 28.6 Å². The average molecular weight is 344 g/mol. The van der Waals surface area contributed by atoms with E-state index in [4.69, 9.17) is 9.72 Å². The minimum absolute atomic E-state index is 0.00872.